The van der Waals surface area contributed by atoms with Crippen molar-refractivity contribution in [2.45, 2.75) is 38.8 Å². The number of Topliss-reactive ketones (excluding diaryl/α,β-unsaturated/α-hetero) is 1. The zero-order chi connectivity index (χ0) is 18.9. The van der Waals surface area contributed by atoms with Crippen LogP contribution in [0.5, 0.6) is 5.75 Å². The Hall–Kier alpha value is -2.66. The van der Waals surface area contributed by atoms with Crippen LogP contribution in [0.2, 0.25) is 0 Å². The zero-order valence-corrected chi connectivity index (χ0v) is 15.2. The summed E-state index contributed by atoms with van der Waals surface area (Å²) in [6.45, 7) is 6.20. The highest BCUT2D eigenvalue weighted by atomic mass is 16.5. The number of carbonyl (C=O) groups is 2. The van der Waals surface area contributed by atoms with Gasteiger partial charge in [0.2, 0.25) is 0 Å². The number of para-hydroxylation sites is 1. The fraction of sp³-hybridized carbons (Fsp3) is 0.333. The van der Waals surface area contributed by atoms with E-state index >= 15 is 0 Å². The van der Waals surface area contributed by atoms with Crippen LogP contribution in [0.25, 0.3) is 0 Å². The van der Waals surface area contributed by atoms with Crippen molar-refractivity contribution >= 4 is 17.4 Å². The van der Waals surface area contributed by atoms with Crippen LogP contribution < -0.4 is 9.64 Å². The van der Waals surface area contributed by atoms with Gasteiger partial charge in [0.05, 0.1) is 18.7 Å². The zero-order valence-electron chi connectivity index (χ0n) is 15.2. The van der Waals surface area contributed by atoms with Crippen molar-refractivity contribution in [3.05, 3.63) is 59.7 Å². The lowest BCUT2D eigenvalue weighted by atomic mass is 9.88. The van der Waals surface area contributed by atoms with E-state index in [4.69, 9.17) is 4.74 Å². The first-order valence-corrected chi connectivity index (χ1v) is 8.80. The lowest BCUT2D eigenvalue weighted by Crippen LogP contribution is -2.44. The number of ether oxygens (including phenoxy) is 1. The summed E-state index contributed by atoms with van der Waals surface area (Å²) < 4.78 is 5.38. The maximum atomic E-state index is 12.9. The molecule has 1 heterocycles. The highest BCUT2D eigenvalue weighted by Gasteiger charge is 2.51. The summed E-state index contributed by atoms with van der Waals surface area (Å²) in [5.74, 6) is -0.0617. The normalized spacial score (nSPS) is 19.0. The Morgan fingerprint density at radius 2 is 1.81 bits per heavy atom. The molecule has 0 bridgehead atoms. The topological polar surface area (TPSA) is 66.8 Å². The van der Waals surface area contributed by atoms with E-state index in [1.807, 2.05) is 26.8 Å². The first-order valence-electron chi connectivity index (χ1n) is 8.80. The predicted octanol–water partition coefficient (Wildman–Crippen LogP) is 3.30. The predicted molar refractivity (Wildman–Crippen MR) is 99.5 cm³/mol. The van der Waals surface area contributed by atoms with Crippen molar-refractivity contribution in [3.63, 3.8) is 0 Å². The van der Waals surface area contributed by atoms with Crippen molar-refractivity contribution in [1.29, 1.82) is 0 Å². The minimum Gasteiger partial charge on any atom is -0.494 e. The number of amides is 1. The molecule has 5 heteroatoms. The minimum atomic E-state index is -1.84. The molecule has 2 aromatic carbocycles. The van der Waals surface area contributed by atoms with Crippen LogP contribution in [0.1, 0.15) is 43.1 Å². The van der Waals surface area contributed by atoms with Crippen LogP contribution in [-0.2, 0) is 10.4 Å². The summed E-state index contributed by atoms with van der Waals surface area (Å²) >= 11 is 0. The average molecular weight is 353 g/mol. The van der Waals surface area contributed by atoms with Crippen LogP contribution in [0.3, 0.4) is 0 Å². The molecule has 0 aliphatic carbocycles. The summed E-state index contributed by atoms with van der Waals surface area (Å²) in [7, 11) is 0. The molecule has 1 unspecified atom stereocenters. The number of hydrogen-bond donors (Lipinski definition) is 1. The number of aliphatic hydroxyl groups is 1. The maximum absolute atomic E-state index is 12.9. The molecule has 5 nitrogen and oxygen atoms in total. The van der Waals surface area contributed by atoms with Gasteiger partial charge in [0.1, 0.15) is 5.75 Å². The second-order valence-corrected chi connectivity index (χ2v) is 6.70. The van der Waals surface area contributed by atoms with Gasteiger partial charge in [-0.05, 0) is 51.1 Å². The molecule has 1 amide bonds. The van der Waals surface area contributed by atoms with Crippen molar-refractivity contribution in [3.8, 4) is 5.75 Å². The van der Waals surface area contributed by atoms with Gasteiger partial charge < -0.3 is 14.7 Å². The Kier molecular flexibility index (Phi) is 4.83. The van der Waals surface area contributed by atoms with Crippen LogP contribution in [0, 0.1) is 0 Å². The molecule has 26 heavy (non-hydrogen) atoms. The van der Waals surface area contributed by atoms with Crippen molar-refractivity contribution in [2.75, 3.05) is 11.5 Å². The molecule has 1 atom stereocenters. The monoisotopic (exact) mass is 353 g/mol. The average Bonchev–Trinajstić information content (AvgIpc) is 2.84. The molecule has 1 aliphatic heterocycles. The second kappa shape index (κ2) is 6.92. The molecular weight excluding hydrogens is 330 g/mol. The Labute approximate surface area is 153 Å². The van der Waals surface area contributed by atoms with Crippen molar-refractivity contribution in [1.82, 2.24) is 0 Å². The number of hydrogen-bond acceptors (Lipinski definition) is 4. The molecule has 1 N–H and O–H groups in total. The third kappa shape index (κ3) is 2.99. The first-order chi connectivity index (χ1) is 12.4. The molecule has 3 rings (SSSR count). The van der Waals surface area contributed by atoms with Gasteiger partial charge in [-0.25, -0.2) is 0 Å². The highest BCUT2D eigenvalue weighted by Crippen LogP contribution is 2.43. The molecule has 2 aromatic rings. The van der Waals surface area contributed by atoms with Gasteiger partial charge in [-0.15, -0.1) is 0 Å². The molecule has 0 fully saturated rings. The number of benzene rings is 2. The molecule has 0 spiro atoms. The first kappa shape index (κ1) is 18.1. The molecule has 0 radical (unpaired) electrons. The Balaban J connectivity index is 1.90. The third-order valence-electron chi connectivity index (χ3n) is 4.60. The third-order valence-corrected chi connectivity index (χ3v) is 4.60. The molecule has 0 saturated heterocycles. The van der Waals surface area contributed by atoms with Crippen LogP contribution >= 0.6 is 0 Å². The van der Waals surface area contributed by atoms with Gasteiger partial charge in [0.25, 0.3) is 5.91 Å². The summed E-state index contributed by atoms with van der Waals surface area (Å²) in [6, 6.07) is 13.7. The van der Waals surface area contributed by atoms with E-state index < -0.39 is 11.5 Å². The summed E-state index contributed by atoms with van der Waals surface area (Å²) in [4.78, 5) is 27.2. The van der Waals surface area contributed by atoms with Gasteiger partial charge >= 0.3 is 0 Å². The lowest BCUT2D eigenvalue weighted by molar-refractivity contribution is -0.136. The summed E-state index contributed by atoms with van der Waals surface area (Å²) in [5, 5.41) is 11.2. The van der Waals surface area contributed by atoms with Gasteiger partial charge in [-0.3, -0.25) is 9.59 Å². The molecule has 1 aliphatic rings. The van der Waals surface area contributed by atoms with Crippen molar-refractivity contribution in [2.24, 2.45) is 0 Å². The Morgan fingerprint density at radius 3 is 2.42 bits per heavy atom. The van der Waals surface area contributed by atoms with Gasteiger partial charge in [0.15, 0.2) is 11.4 Å². The summed E-state index contributed by atoms with van der Waals surface area (Å²) in [5.41, 5.74) is -0.251. The Bertz CT molecular complexity index is 828. The van der Waals surface area contributed by atoms with Crippen LogP contribution in [0.15, 0.2) is 48.5 Å². The minimum absolute atomic E-state index is 0.113. The number of ketones is 1. The summed E-state index contributed by atoms with van der Waals surface area (Å²) in [6.07, 6.45) is -0.292. The standard InChI is InChI=1S/C21H23NO4/c1-4-26-16-11-9-15(10-12-16)19(23)13-21(25)17-7-5-6-8-18(17)22(14(2)3)20(21)24/h5-12,14,25H,4,13H2,1-3H3. The van der Waals surface area contributed by atoms with E-state index in [0.717, 1.165) is 0 Å². The smallest absolute Gasteiger partial charge is 0.264 e. The molecule has 136 valence electrons. The highest BCUT2D eigenvalue weighted by molar-refractivity contribution is 6.11. The number of nitrogens with zero attached hydrogens (tertiary/aromatic N) is 1. The largest absolute Gasteiger partial charge is 0.494 e. The fourth-order valence-electron chi connectivity index (χ4n) is 3.38. The van der Waals surface area contributed by atoms with E-state index in [1.54, 1.807) is 47.4 Å². The van der Waals surface area contributed by atoms with E-state index in [1.165, 1.54) is 0 Å². The van der Waals surface area contributed by atoms with Crippen LogP contribution in [-0.4, -0.2) is 29.4 Å². The fourth-order valence-corrected chi connectivity index (χ4v) is 3.38. The van der Waals surface area contributed by atoms with Gasteiger partial charge in [-0.1, -0.05) is 18.2 Å². The van der Waals surface area contributed by atoms with Gasteiger partial charge in [-0.2, -0.15) is 0 Å². The van der Waals surface area contributed by atoms with Crippen LogP contribution in [0.4, 0.5) is 5.69 Å². The lowest BCUT2D eigenvalue weighted by Gasteiger charge is -2.25. The molecule has 0 aromatic heterocycles. The number of anilines is 1. The van der Waals surface area contributed by atoms with E-state index in [0.29, 0.717) is 29.2 Å². The molecular formula is C21H23NO4. The maximum Gasteiger partial charge on any atom is 0.264 e. The number of carbonyl (C=O) groups excluding carboxylic acids is 2. The van der Waals surface area contributed by atoms with Gasteiger partial charge in [0, 0.05) is 17.2 Å². The van der Waals surface area contributed by atoms with E-state index in [9.17, 15) is 14.7 Å². The second-order valence-electron chi connectivity index (χ2n) is 6.70. The Morgan fingerprint density at radius 1 is 1.15 bits per heavy atom. The van der Waals surface area contributed by atoms with E-state index in [-0.39, 0.29) is 18.2 Å². The number of fused-ring (bicyclic) bond motifs is 1. The SMILES string of the molecule is CCOc1ccc(C(=O)CC2(O)C(=O)N(C(C)C)c3ccccc32)cc1. The molecule has 0 saturated carbocycles. The number of rotatable bonds is 6. The van der Waals surface area contributed by atoms with Crippen molar-refractivity contribution < 1.29 is 19.4 Å². The quantitative estimate of drug-likeness (QED) is 0.809. The van der Waals surface area contributed by atoms with E-state index in [2.05, 4.69) is 0 Å².